The number of carbonyl (C=O) groups is 2. The average Bonchev–Trinajstić information content (AvgIpc) is 2.74. The Morgan fingerprint density at radius 3 is 2.28 bits per heavy atom. The number of ether oxygens (including phenoxy) is 2. The van der Waals surface area contributed by atoms with Gasteiger partial charge in [-0.3, -0.25) is 9.59 Å². The minimum Gasteiger partial charge on any atom is -0.495 e. The SMILES string of the molecule is COc1ccccc1NC(=O)c1ccc(NC(=O)COc2ccc(F)cc2)cc1. The van der Waals surface area contributed by atoms with Crippen LogP contribution in [-0.4, -0.2) is 25.5 Å². The first-order valence-corrected chi connectivity index (χ1v) is 8.78. The first kappa shape index (κ1) is 19.9. The topological polar surface area (TPSA) is 76.7 Å². The van der Waals surface area contributed by atoms with Gasteiger partial charge in [0.2, 0.25) is 0 Å². The monoisotopic (exact) mass is 394 g/mol. The van der Waals surface area contributed by atoms with E-state index in [0.29, 0.717) is 28.4 Å². The third kappa shape index (κ3) is 5.55. The Hall–Kier alpha value is -3.87. The molecule has 0 atom stereocenters. The van der Waals surface area contributed by atoms with Gasteiger partial charge in [0.25, 0.3) is 11.8 Å². The van der Waals surface area contributed by atoms with Crippen LogP contribution < -0.4 is 20.1 Å². The fourth-order valence-corrected chi connectivity index (χ4v) is 2.52. The van der Waals surface area contributed by atoms with Gasteiger partial charge in [-0.05, 0) is 60.7 Å². The molecule has 3 rings (SSSR count). The van der Waals surface area contributed by atoms with Gasteiger partial charge in [-0.25, -0.2) is 4.39 Å². The van der Waals surface area contributed by atoms with Gasteiger partial charge in [0.05, 0.1) is 12.8 Å². The second kappa shape index (κ2) is 9.36. The number of benzene rings is 3. The summed E-state index contributed by atoms with van der Waals surface area (Å²) in [6, 6.07) is 18.9. The van der Waals surface area contributed by atoms with Gasteiger partial charge in [0.1, 0.15) is 17.3 Å². The predicted octanol–water partition coefficient (Wildman–Crippen LogP) is 4.10. The lowest BCUT2D eigenvalue weighted by Crippen LogP contribution is -2.20. The Morgan fingerprint density at radius 2 is 1.59 bits per heavy atom. The van der Waals surface area contributed by atoms with Crippen LogP contribution in [0.4, 0.5) is 15.8 Å². The smallest absolute Gasteiger partial charge is 0.262 e. The van der Waals surface area contributed by atoms with Gasteiger partial charge in [-0.15, -0.1) is 0 Å². The molecule has 0 saturated carbocycles. The molecule has 0 aromatic heterocycles. The van der Waals surface area contributed by atoms with Crippen molar-refractivity contribution in [3.63, 3.8) is 0 Å². The number of halogens is 1. The van der Waals surface area contributed by atoms with E-state index >= 15 is 0 Å². The molecule has 3 aromatic carbocycles. The van der Waals surface area contributed by atoms with Crippen LogP contribution in [0.3, 0.4) is 0 Å². The number of amides is 2. The molecule has 0 bridgehead atoms. The van der Waals surface area contributed by atoms with Gasteiger partial charge in [0.15, 0.2) is 6.61 Å². The normalized spacial score (nSPS) is 10.1. The molecular weight excluding hydrogens is 375 g/mol. The van der Waals surface area contributed by atoms with Crippen molar-refractivity contribution in [3.8, 4) is 11.5 Å². The van der Waals surface area contributed by atoms with Crippen molar-refractivity contribution in [2.45, 2.75) is 0 Å². The Labute approximate surface area is 167 Å². The number of hydrogen-bond acceptors (Lipinski definition) is 4. The predicted molar refractivity (Wildman–Crippen MR) is 108 cm³/mol. The van der Waals surface area contributed by atoms with Crippen molar-refractivity contribution in [2.24, 2.45) is 0 Å². The van der Waals surface area contributed by atoms with Crippen LogP contribution >= 0.6 is 0 Å². The van der Waals surface area contributed by atoms with E-state index in [-0.39, 0.29) is 24.2 Å². The van der Waals surface area contributed by atoms with E-state index in [2.05, 4.69) is 10.6 Å². The van der Waals surface area contributed by atoms with Crippen LogP contribution in [-0.2, 0) is 4.79 Å². The molecule has 0 aliphatic rings. The van der Waals surface area contributed by atoms with Crippen LogP contribution in [0.1, 0.15) is 10.4 Å². The zero-order valence-electron chi connectivity index (χ0n) is 15.6. The lowest BCUT2D eigenvalue weighted by atomic mass is 10.2. The number of anilines is 2. The molecule has 0 fully saturated rings. The fraction of sp³-hybridized carbons (Fsp3) is 0.0909. The summed E-state index contributed by atoms with van der Waals surface area (Å²) in [5.41, 5.74) is 1.51. The van der Waals surface area contributed by atoms with E-state index in [1.54, 1.807) is 42.5 Å². The van der Waals surface area contributed by atoms with E-state index in [9.17, 15) is 14.0 Å². The summed E-state index contributed by atoms with van der Waals surface area (Å²) in [6.07, 6.45) is 0. The van der Waals surface area contributed by atoms with Crippen LogP contribution in [0.15, 0.2) is 72.8 Å². The van der Waals surface area contributed by atoms with E-state index in [1.807, 2.05) is 6.07 Å². The molecule has 0 aliphatic carbocycles. The second-order valence-corrected chi connectivity index (χ2v) is 6.02. The minimum absolute atomic E-state index is 0.221. The number of para-hydroxylation sites is 2. The van der Waals surface area contributed by atoms with Crippen molar-refractivity contribution >= 4 is 23.2 Å². The lowest BCUT2D eigenvalue weighted by molar-refractivity contribution is -0.118. The van der Waals surface area contributed by atoms with Crippen LogP contribution in [0.5, 0.6) is 11.5 Å². The molecule has 0 spiro atoms. The van der Waals surface area contributed by atoms with Gasteiger partial charge >= 0.3 is 0 Å². The Balaban J connectivity index is 1.54. The van der Waals surface area contributed by atoms with Crippen molar-refractivity contribution in [1.29, 1.82) is 0 Å². The van der Waals surface area contributed by atoms with Crippen LogP contribution in [0, 0.1) is 5.82 Å². The van der Waals surface area contributed by atoms with Crippen molar-refractivity contribution in [1.82, 2.24) is 0 Å². The molecule has 0 aliphatic heterocycles. The zero-order valence-corrected chi connectivity index (χ0v) is 15.6. The molecular formula is C22H19FN2O4. The van der Waals surface area contributed by atoms with Crippen molar-refractivity contribution in [3.05, 3.63) is 84.2 Å². The van der Waals surface area contributed by atoms with Gasteiger partial charge in [-0.1, -0.05) is 12.1 Å². The maximum Gasteiger partial charge on any atom is 0.262 e. The fourth-order valence-electron chi connectivity index (χ4n) is 2.52. The minimum atomic E-state index is -0.378. The average molecular weight is 394 g/mol. The van der Waals surface area contributed by atoms with Gasteiger partial charge < -0.3 is 20.1 Å². The summed E-state index contributed by atoms with van der Waals surface area (Å²) in [5.74, 6) is -0.0972. The molecule has 148 valence electrons. The first-order chi connectivity index (χ1) is 14.0. The second-order valence-electron chi connectivity index (χ2n) is 6.02. The highest BCUT2D eigenvalue weighted by molar-refractivity contribution is 6.05. The summed E-state index contributed by atoms with van der Waals surface area (Å²) in [7, 11) is 1.53. The van der Waals surface area contributed by atoms with Gasteiger partial charge in [-0.2, -0.15) is 0 Å². The summed E-state index contributed by atoms with van der Waals surface area (Å²) in [6.45, 7) is -0.221. The Kier molecular flexibility index (Phi) is 6.42. The summed E-state index contributed by atoms with van der Waals surface area (Å²) in [5, 5.41) is 5.45. The molecule has 7 heteroatoms. The lowest BCUT2D eigenvalue weighted by Gasteiger charge is -2.10. The van der Waals surface area contributed by atoms with Gasteiger partial charge in [0, 0.05) is 11.3 Å². The van der Waals surface area contributed by atoms with Crippen molar-refractivity contribution in [2.75, 3.05) is 24.4 Å². The highest BCUT2D eigenvalue weighted by atomic mass is 19.1. The molecule has 0 unspecified atom stereocenters. The number of methoxy groups -OCH3 is 1. The number of nitrogens with one attached hydrogen (secondary N) is 2. The highest BCUT2D eigenvalue weighted by Gasteiger charge is 2.10. The number of hydrogen-bond donors (Lipinski definition) is 2. The zero-order chi connectivity index (χ0) is 20.6. The quantitative estimate of drug-likeness (QED) is 0.632. The molecule has 29 heavy (non-hydrogen) atoms. The summed E-state index contributed by atoms with van der Waals surface area (Å²) in [4.78, 5) is 24.4. The van der Waals surface area contributed by atoms with Crippen LogP contribution in [0.2, 0.25) is 0 Å². The van der Waals surface area contributed by atoms with Crippen molar-refractivity contribution < 1.29 is 23.5 Å². The molecule has 0 saturated heterocycles. The Bertz CT molecular complexity index is 988. The third-order valence-electron chi connectivity index (χ3n) is 3.97. The van der Waals surface area contributed by atoms with E-state index in [0.717, 1.165) is 0 Å². The molecule has 0 radical (unpaired) electrons. The summed E-state index contributed by atoms with van der Waals surface area (Å²) >= 11 is 0. The molecule has 2 amide bonds. The molecule has 2 N–H and O–H groups in total. The van der Waals surface area contributed by atoms with E-state index in [4.69, 9.17) is 9.47 Å². The maximum absolute atomic E-state index is 12.9. The summed E-state index contributed by atoms with van der Waals surface area (Å²) < 4.78 is 23.4. The third-order valence-corrected chi connectivity index (χ3v) is 3.97. The Morgan fingerprint density at radius 1 is 0.897 bits per heavy atom. The molecule has 3 aromatic rings. The largest absolute Gasteiger partial charge is 0.495 e. The highest BCUT2D eigenvalue weighted by Crippen LogP contribution is 2.24. The standard InChI is InChI=1S/C22H19FN2O4/c1-28-20-5-3-2-4-19(20)25-22(27)15-6-10-17(11-7-15)24-21(26)14-29-18-12-8-16(23)9-13-18/h2-13H,14H2,1H3,(H,24,26)(H,25,27). The van der Waals surface area contributed by atoms with Crippen LogP contribution in [0.25, 0.3) is 0 Å². The molecule has 0 heterocycles. The first-order valence-electron chi connectivity index (χ1n) is 8.78. The van der Waals surface area contributed by atoms with E-state index in [1.165, 1.54) is 31.4 Å². The number of rotatable bonds is 7. The maximum atomic E-state index is 12.9. The molecule has 6 nitrogen and oxygen atoms in total. The number of carbonyl (C=O) groups excluding carboxylic acids is 2. The van der Waals surface area contributed by atoms with E-state index < -0.39 is 0 Å².